The van der Waals surface area contributed by atoms with Gasteiger partial charge in [0.05, 0.1) is 7.11 Å². The molecule has 0 radical (unpaired) electrons. The molecule has 5 nitrogen and oxygen atoms in total. The van der Waals surface area contributed by atoms with Crippen LogP contribution in [0.1, 0.15) is 23.5 Å². The van der Waals surface area contributed by atoms with Crippen molar-refractivity contribution in [1.29, 1.82) is 0 Å². The van der Waals surface area contributed by atoms with Crippen LogP contribution < -0.4 is 4.74 Å². The maximum Gasteiger partial charge on any atom is 0.401 e. The number of halogens is 3. The average molecular weight is 468 g/mol. The number of methoxy groups -OCH3 is 1. The Morgan fingerprint density at radius 3 is 2.38 bits per heavy atom. The Morgan fingerprint density at radius 2 is 1.81 bits per heavy atom. The predicted octanol–water partition coefficient (Wildman–Crippen LogP) is 4.58. The maximum absolute atomic E-state index is 13.8. The number of rotatable bonds is 8. The summed E-state index contributed by atoms with van der Waals surface area (Å²) in [6.07, 6.45) is -4.67. The Labute approximate surface area is 188 Å². The van der Waals surface area contributed by atoms with Crippen LogP contribution in [0.3, 0.4) is 0 Å². The van der Waals surface area contributed by atoms with E-state index in [9.17, 15) is 27.9 Å². The number of likely N-dealkylation sites (tertiary alicyclic amines) is 1. The van der Waals surface area contributed by atoms with E-state index in [2.05, 4.69) is 0 Å². The minimum atomic E-state index is -4.77. The van der Waals surface area contributed by atoms with Crippen LogP contribution in [0.4, 0.5) is 13.2 Å². The summed E-state index contributed by atoms with van der Waals surface area (Å²) in [7, 11) is 1.52. The third-order valence-corrected chi connectivity index (χ3v) is 6.65. The number of carbonyl (C=O) groups excluding carboxylic acids is 1. The Bertz CT molecular complexity index is 921. The number of alkyl halides is 3. The molecule has 9 heteroatoms. The van der Waals surface area contributed by atoms with Crippen molar-refractivity contribution in [2.45, 2.75) is 30.3 Å². The first kappa shape index (κ1) is 24.0. The lowest BCUT2D eigenvalue weighted by Crippen LogP contribution is -2.48. The quantitative estimate of drug-likeness (QED) is 0.616. The number of carboxylic acid groups (broad SMARTS) is 1. The molecule has 0 aliphatic carbocycles. The number of hydrogen-bond acceptors (Lipinski definition) is 4. The van der Waals surface area contributed by atoms with Crippen molar-refractivity contribution in [2.24, 2.45) is 5.92 Å². The van der Waals surface area contributed by atoms with Crippen molar-refractivity contribution < 1.29 is 32.6 Å². The lowest BCUT2D eigenvalue weighted by atomic mass is 9.96. The fourth-order valence-corrected chi connectivity index (χ4v) is 4.92. The van der Waals surface area contributed by atoms with Gasteiger partial charge in [0, 0.05) is 24.0 Å². The lowest BCUT2D eigenvalue weighted by Gasteiger charge is -2.28. The van der Waals surface area contributed by atoms with Crippen molar-refractivity contribution in [3.63, 3.8) is 0 Å². The van der Waals surface area contributed by atoms with Gasteiger partial charge >= 0.3 is 12.1 Å². The number of hydrogen-bond donors (Lipinski definition) is 1. The second kappa shape index (κ2) is 10.3. The van der Waals surface area contributed by atoms with Gasteiger partial charge < -0.3 is 14.7 Å². The molecule has 1 aliphatic rings. The van der Waals surface area contributed by atoms with Gasteiger partial charge in [0.15, 0.2) is 0 Å². The normalized spacial score (nSPS) is 19.6. The molecule has 2 aromatic rings. The SMILES string of the molecule is COc1ccc(CSCC(C(=O)N2CC(c3ccccc3)C[C@H]2C(=O)O)C(F)(F)F)cc1. The second-order valence-electron chi connectivity index (χ2n) is 7.65. The molecule has 0 spiro atoms. The van der Waals surface area contributed by atoms with Crippen LogP contribution >= 0.6 is 11.8 Å². The Morgan fingerprint density at radius 1 is 1.16 bits per heavy atom. The van der Waals surface area contributed by atoms with Gasteiger partial charge in [0.2, 0.25) is 5.91 Å². The van der Waals surface area contributed by atoms with Gasteiger partial charge in [-0.3, -0.25) is 4.79 Å². The summed E-state index contributed by atoms with van der Waals surface area (Å²) in [5.41, 5.74) is 1.62. The van der Waals surface area contributed by atoms with E-state index >= 15 is 0 Å². The molecule has 1 aliphatic heterocycles. The fraction of sp³-hybridized carbons (Fsp3) is 0.391. The molecule has 2 aromatic carbocycles. The number of aliphatic carboxylic acids is 1. The highest BCUT2D eigenvalue weighted by Gasteiger charge is 2.50. The fourth-order valence-electron chi connectivity index (χ4n) is 3.80. The molecule has 0 bridgehead atoms. The zero-order valence-corrected chi connectivity index (χ0v) is 18.2. The molecule has 0 aromatic heterocycles. The van der Waals surface area contributed by atoms with Gasteiger partial charge in [0.1, 0.15) is 17.7 Å². The van der Waals surface area contributed by atoms with Crippen molar-refractivity contribution >= 4 is 23.6 Å². The maximum atomic E-state index is 13.8. The minimum Gasteiger partial charge on any atom is -0.497 e. The van der Waals surface area contributed by atoms with Gasteiger partial charge in [-0.2, -0.15) is 24.9 Å². The number of carboxylic acids is 1. The van der Waals surface area contributed by atoms with E-state index in [4.69, 9.17) is 4.74 Å². The first-order chi connectivity index (χ1) is 15.2. The van der Waals surface area contributed by atoms with Crippen LogP contribution in [0.15, 0.2) is 54.6 Å². The molecule has 32 heavy (non-hydrogen) atoms. The number of thioether (sulfide) groups is 1. The molecule has 1 heterocycles. The van der Waals surface area contributed by atoms with Crippen LogP contribution in [-0.2, 0) is 15.3 Å². The highest BCUT2D eigenvalue weighted by Crippen LogP contribution is 2.37. The molecular weight excluding hydrogens is 443 g/mol. The van der Waals surface area contributed by atoms with E-state index in [0.717, 1.165) is 27.8 Å². The smallest absolute Gasteiger partial charge is 0.401 e. The summed E-state index contributed by atoms with van der Waals surface area (Å²) < 4.78 is 46.4. The molecule has 3 rings (SSSR count). The minimum absolute atomic E-state index is 0.0461. The zero-order chi connectivity index (χ0) is 23.3. The van der Waals surface area contributed by atoms with E-state index in [-0.39, 0.29) is 18.9 Å². The first-order valence-corrected chi connectivity index (χ1v) is 11.2. The number of benzene rings is 2. The average Bonchev–Trinajstić information content (AvgIpc) is 3.22. The van der Waals surface area contributed by atoms with E-state index in [1.807, 2.05) is 0 Å². The van der Waals surface area contributed by atoms with Gasteiger partial charge in [-0.1, -0.05) is 42.5 Å². The van der Waals surface area contributed by atoms with Crippen molar-refractivity contribution in [3.05, 3.63) is 65.7 Å². The molecule has 2 unspecified atom stereocenters. The summed E-state index contributed by atoms with van der Waals surface area (Å²) in [6, 6.07) is 14.6. The topological polar surface area (TPSA) is 66.8 Å². The Kier molecular flexibility index (Phi) is 7.71. The van der Waals surface area contributed by atoms with E-state index in [0.29, 0.717) is 11.5 Å². The summed E-state index contributed by atoms with van der Waals surface area (Å²) in [6.45, 7) is -0.0461. The standard InChI is InChI=1S/C23H24F3NO4S/c1-31-18-9-7-15(8-10-18)13-32-14-19(23(24,25)26)21(28)27-12-17(11-20(27)22(29)30)16-5-3-2-4-6-16/h2-10,17,19-20H,11-14H2,1H3,(H,29,30)/t17?,19?,20-/m0/s1. The summed E-state index contributed by atoms with van der Waals surface area (Å²) in [5.74, 6) is -4.59. The molecule has 1 saturated heterocycles. The number of nitrogens with zero attached hydrogens (tertiary/aromatic N) is 1. The Hall–Kier alpha value is -2.68. The van der Waals surface area contributed by atoms with Gasteiger partial charge in [-0.25, -0.2) is 4.79 Å². The summed E-state index contributed by atoms with van der Waals surface area (Å²) >= 11 is 0.993. The highest BCUT2D eigenvalue weighted by molar-refractivity contribution is 7.98. The summed E-state index contributed by atoms with van der Waals surface area (Å²) in [5, 5.41) is 9.56. The molecule has 1 amide bonds. The van der Waals surface area contributed by atoms with Crippen molar-refractivity contribution in [2.75, 3.05) is 19.4 Å². The van der Waals surface area contributed by atoms with Crippen LogP contribution in [0, 0.1) is 5.92 Å². The third kappa shape index (κ3) is 5.76. The number of ether oxygens (including phenoxy) is 1. The van der Waals surface area contributed by atoms with Crippen LogP contribution in [0.25, 0.3) is 0 Å². The third-order valence-electron chi connectivity index (χ3n) is 5.55. The number of carbonyl (C=O) groups is 2. The van der Waals surface area contributed by atoms with Gasteiger partial charge in [-0.15, -0.1) is 0 Å². The van der Waals surface area contributed by atoms with Crippen molar-refractivity contribution in [1.82, 2.24) is 4.90 Å². The van der Waals surface area contributed by atoms with Crippen LogP contribution in [0.2, 0.25) is 0 Å². The monoisotopic (exact) mass is 467 g/mol. The molecule has 1 N–H and O–H groups in total. The van der Waals surface area contributed by atoms with E-state index in [1.165, 1.54) is 7.11 Å². The highest BCUT2D eigenvalue weighted by atomic mass is 32.2. The second-order valence-corrected chi connectivity index (χ2v) is 8.68. The molecular formula is C23H24F3NO4S. The van der Waals surface area contributed by atoms with Gasteiger partial charge in [-0.05, 0) is 29.7 Å². The zero-order valence-electron chi connectivity index (χ0n) is 17.4. The van der Waals surface area contributed by atoms with Crippen LogP contribution in [-0.4, -0.2) is 53.5 Å². The first-order valence-electron chi connectivity index (χ1n) is 10.1. The lowest BCUT2D eigenvalue weighted by molar-refractivity contribution is -0.186. The van der Waals surface area contributed by atoms with Crippen molar-refractivity contribution in [3.8, 4) is 5.75 Å². The number of amides is 1. The van der Waals surface area contributed by atoms with E-state index in [1.54, 1.807) is 54.6 Å². The van der Waals surface area contributed by atoms with E-state index < -0.39 is 35.8 Å². The molecule has 0 saturated carbocycles. The van der Waals surface area contributed by atoms with Crippen LogP contribution in [0.5, 0.6) is 5.75 Å². The largest absolute Gasteiger partial charge is 0.497 e. The molecule has 3 atom stereocenters. The van der Waals surface area contributed by atoms with Gasteiger partial charge in [0.25, 0.3) is 0 Å². The summed E-state index contributed by atoms with van der Waals surface area (Å²) in [4.78, 5) is 25.5. The Balaban J connectivity index is 1.71. The molecule has 172 valence electrons. The predicted molar refractivity (Wildman–Crippen MR) is 116 cm³/mol. The molecule has 1 fully saturated rings.